The van der Waals surface area contributed by atoms with Crippen molar-refractivity contribution >= 4 is 11.8 Å². The van der Waals surface area contributed by atoms with Crippen LogP contribution in [-0.2, 0) is 4.74 Å². The molecule has 0 unspecified atom stereocenters. The topological polar surface area (TPSA) is 9.23 Å². The van der Waals surface area contributed by atoms with E-state index >= 15 is 0 Å². The van der Waals surface area contributed by atoms with Crippen molar-refractivity contribution in [1.29, 1.82) is 0 Å². The summed E-state index contributed by atoms with van der Waals surface area (Å²) >= 11 is 1.88. The second-order valence-electron chi connectivity index (χ2n) is 3.43. The van der Waals surface area contributed by atoms with E-state index in [-0.39, 0.29) is 10.3 Å². The molecule has 54 valence electrons. The molecule has 0 aromatic heterocycles. The van der Waals surface area contributed by atoms with Gasteiger partial charge in [0.15, 0.2) is 0 Å². The van der Waals surface area contributed by atoms with Gasteiger partial charge in [0.1, 0.15) is 0 Å². The summed E-state index contributed by atoms with van der Waals surface area (Å²) in [6.07, 6.45) is 0. The summed E-state index contributed by atoms with van der Waals surface area (Å²) in [5.41, 5.74) is 0.0532. The normalized spacial score (nSPS) is 30.7. The Morgan fingerprint density at radius 3 is 1.89 bits per heavy atom. The van der Waals surface area contributed by atoms with Crippen LogP contribution in [0.2, 0.25) is 0 Å². The zero-order valence-corrected chi connectivity index (χ0v) is 7.34. The molecule has 0 aliphatic carbocycles. The quantitative estimate of drug-likeness (QED) is 0.518. The minimum Gasteiger partial charge on any atom is -0.364 e. The van der Waals surface area contributed by atoms with Gasteiger partial charge in [-0.2, -0.15) is 0 Å². The number of hydrogen-bond acceptors (Lipinski definition) is 2. The molecule has 1 rings (SSSR count). The van der Waals surface area contributed by atoms with Crippen LogP contribution in [-0.4, -0.2) is 16.3 Å². The highest BCUT2D eigenvalue weighted by Crippen LogP contribution is 2.44. The van der Waals surface area contributed by atoms with Gasteiger partial charge in [0.25, 0.3) is 0 Å². The van der Waals surface area contributed by atoms with Crippen LogP contribution in [0.5, 0.6) is 0 Å². The Kier molecular flexibility index (Phi) is 1.56. The molecule has 0 spiro atoms. The predicted molar refractivity (Wildman–Crippen MR) is 41.7 cm³/mol. The molecule has 1 aliphatic rings. The lowest BCUT2D eigenvalue weighted by atomic mass is 9.94. The third-order valence-electron chi connectivity index (χ3n) is 2.29. The Balaban J connectivity index is 2.75. The standard InChI is InChI=1S/C7H14OS/c1-6(2)7(3,4)9-5-8-6/h5H2,1-4H3. The average molecular weight is 146 g/mol. The Morgan fingerprint density at radius 1 is 1.22 bits per heavy atom. The van der Waals surface area contributed by atoms with Crippen molar-refractivity contribution in [2.75, 3.05) is 5.94 Å². The van der Waals surface area contributed by atoms with E-state index in [9.17, 15) is 0 Å². The van der Waals surface area contributed by atoms with Crippen LogP contribution >= 0.6 is 11.8 Å². The predicted octanol–water partition coefficient (Wildman–Crippen LogP) is 2.26. The van der Waals surface area contributed by atoms with E-state index < -0.39 is 0 Å². The van der Waals surface area contributed by atoms with Crippen LogP contribution in [0.25, 0.3) is 0 Å². The number of ether oxygens (including phenoxy) is 1. The van der Waals surface area contributed by atoms with Gasteiger partial charge < -0.3 is 4.74 Å². The first kappa shape index (κ1) is 7.42. The zero-order chi connectivity index (χ0) is 7.12. The monoisotopic (exact) mass is 146 g/mol. The van der Waals surface area contributed by atoms with E-state index in [4.69, 9.17) is 4.74 Å². The highest BCUT2D eigenvalue weighted by molar-refractivity contribution is 8.00. The summed E-state index contributed by atoms with van der Waals surface area (Å²) < 4.78 is 5.80. The third-order valence-corrected chi connectivity index (χ3v) is 3.74. The summed E-state index contributed by atoms with van der Waals surface area (Å²) in [4.78, 5) is 0. The average Bonchev–Trinajstić information content (AvgIpc) is 1.81. The molecule has 1 heterocycles. The molecule has 2 heteroatoms. The highest BCUT2D eigenvalue weighted by Gasteiger charge is 2.43. The second-order valence-corrected chi connectivity index (χ2v) is 4.97. The highest BCUT2D eigenvalue weighted by atomic mass is 32.2. The maximum atomic E-state index is 5.52. The van der Waals surface area contributed by atoms with Crippen LogP contribution in [0.1, 0.15) is 27.7 Å². The van der Waals surface area contributed by atoms with Gasteiger partial charge in [-0.3, -0.25) is 0 Å². The lowest BCUT2D eigenvalue weighted by molar-refractivity contribution is 0.00848. The van der Waals surface area contributed by atoms with E-state index in [0.717, 1.165) is 5.94 Å². The first-order valence-electron chi connectivity index (χ1n) is 3.24. The van der Waals surface area contributed by atoms with Gasteiger partial charge in [-0.25, -0.2) is 0 Å². The minimum absolute atomic E-state index is 0.0532. The molecule has 0 amide bonds. The van der Waals surface area contributed by atoms with Gasteiger partial charge in [0, 0.05) is 4.75 Å². The zero-order valence-electron chi connectivity index (χ0n) is 6.52. The summed E-state index contributed by atoms with van der Waals surface area (Å²) in [6.45, 7) is 8.75. The van der Waals surface area contributed by atoms with Crippen molar-refractivity contribution in [2.45, 2.75) is 38.0 Å². The summed E-state index contributed by atoms with van der Waals surface area (Å²) in [5.74, 6) is 0.847. The smallest absolute Gasteiger partial charge is 0.0935 e. The van der Waals surface area contributed by atoms with Gasteiger partial charge in [-0.05, 0) is 27.7 Å². The summed E-state index contributed by atoms with van der Waals surface area (Å²) in [7, 11) is 0. The van der Waals surface area contributed by atoms with Crippen molar-refractivity contribution in [1.82, 2.24) is 0 Å². The van der Waals surface area contributed by atoms with Crippen molar-refractivity contribution in [2.24, 2.45) is 0 Å². The van der Waals surface area contributed by atoms with Gasteiger partial charge in [0.05, 0.1) is 11.5 Å². The van der Waals surface area contributed by atoms with Gasteiger partial charge in [0.2, 0.25) is 0 Å². The van der Waals surface area contributed by atoms with E-state index in [2.05, 4.69) is 27.7 Å². The molecule has 1 saturated heterocycles. The van der Waals surface area contributed by atoms with Gasteiger partial charge in [-0.15, -0.1) is 11.8 Å². The van der Waals surface area contributed by atoms with Crippen molar-refractivity contribution in [3.05, 3.63) is 0 Å². The Labute approximate surface area is 61.2 Å². The van der Waals surface area contributed by atoms with Crippen LogP contribution in [0.4, 0.5) is 0 Å². The Bertz CT molecular complexity index is 104. The minimum atomic E-state index is 0.0532. The van der Waals surface area contributed by atoms with Crippen molar-refractivity contribution < 1.29 is 4.74 Å². The molecule has 0 N–H and O–H groups in total. The van der Waals surface area contributed by atoms with Gasteiger partial charge >= 0.3 is 0 Å². The molecule has 1 fully saturated rings. The van der Waals surface area contributed by atoms with E-state index in [1.165, 1.54) is 0 Å². The number of rotatable bonds is 0. The van der Waals surface area contributed by atoms with E-state index in [1.54, 1.807) is 0 Å². The number of hydrogen-bond donors (Lipinski definition) is 0. The summed E-state index contributed by atoms with van der Waals surface area (Å²) in [5, 5.41) is 0. The van der Waals surface area contributed by atoms with E-state index in [0.29, 0.717) is 0 Å². The van der Waals surface area contributed by atoms with Crippen LogP contribution in [0, 0.1) is 0 Å². The summed E-state index contributed by atoms with van der Waals surface area (Å²) in [6, 6.07) is 0. The van der Waals surface area contributed by atoms with Crippen molar-refractivity contribution in [3.8, 4) is 0 Å². The van der Waals surface area contributed by atoms with E-state index in [1.807, 2.05) is 11.8 Å². The lowest BCUT2D eigenvalue weighted by Gasteiger charge is -2.31. The molecular weight excluding hydrogens is 132 g/mol. The molecule has 9 heavy (non-hydrogen) atoms. The van der Waals surface area contributed by atoms with Crippen LogP contribution < -0.4 is 0 Å². The van der Waals surface area contributed by atoms with Crippen LogP contribution in [0.3, 0.4) is 0 Å². The Morgan fingerprint density at radius 2 is 1.78 bits per heavy atom. The molecule has 0 atom stereocenters. The molecule has 1 aliphatic heterocycles. The Hall–Kier alpha value is 0.310. The SMILES string of the molecule is CC1(C)OCSC1(C)C. The third kappa shape index (κ3) is 1.10. The maximum absolute atomic E-state index is 5.52. The van der Waals surface area contributed by atoms with Crippen molar-refractivity contribution in [3.63, 3.8) is 0 Å². The first-order chi connectivity index (χ1) is 3.96. The first-order valence-corrected chi connectivity index (χ1v) is 4.22. The largest absolute Gasteiger partial charge is 0.364 e. The molecule has 0 bridgehead atoms. The fraction of sp³-hybridized carbons (Fsp3) is 1.00. The fourth-order valence-corrected chi connectivity index (χ4v) is 1.73. The van der Waals surface area contributed by atoms with Gasteiger partial charge in [-0.1, -0.05) is 0 Å². The molecular formula is C7H14OS. The molecule has 0 radical (unpaired) electrons. The van der Waals surface area contributed by atoms with Crippen LogP contribution in [0.15, 0.2) is 0 Å². The molecule has 1 nitrogen and oxygen atoms in total. The molecule has 0 aromatic rings. The lowest BCUT2D eigenvalue weighted by Crippen LogP contribution is -2.38. The molecule has 0 aromatic carbocycles. The molecule has 0 saturated carbocycles. The number of thioether (sulfide) groups is 1. The second kappa shape index (κ2) is 1.89. The maximum Gasteiger partial charge on any atom is 0.0935 e. The fourth-order valence-electron chi connectivity index (χ4n) is 0.672.